The Morgan fingerprint density at radius 2 is 1.30 bits per heavy atom. The minimum Gasteiger partial charge on any atom is -0.377 e. The summed E-state index contributed by atoms with van der Waals surface area (Å²) in [5.74, 6) is 2.51. The Hall–Kier alpha value is -5.84. The Morgan fingerprint density at radius 1 is 0.736 bits per heavy atom. The molecule has 0 radical (unpaired) electrons. The van der Waals surface area contributed by atoms with Crippen molar-refractivity contribution in [1.82, 2.24) is 15.0 Å². The van der Waals surface area contributed by atoms with Crippen LogP contribution in [0.4, 0.5) is 22.9 Å². The maximum atomic E-state index is 13.6. The van der Waals surface area contributed by atoms with Crippen LogP contribution < -0.4 is 15.5 Å². The summed E-state index contributed by atoms with van der Waals surface area (Å²) in [7, 11) is 0. The van der Waals surface area contributed by atoms with Crippen molar-refractivity contribution in [2.24, 2.45) is 0 Å². The van der Waals surface area contributed by atoms with Gasteiger partial charge in [0.1, 0.15) is 6.61 Å². The third kappa shape index (κ3) is 11.8. The van der Waals surface area contributed by atoms with Gasteiger partial charge in [-0.1, -0.05) is 83.9 Å². The number of amides is 2. The molecule has 12 heteroatoms. The number of terminal acetylenes is 1. The highest BCUT2D eigenvalue weighted by molar-refractivity contribution is 6.06. The molecule has 0 saturated heterocycles. The number of ether oxygens (including phenoxy) is 4. The molecule has 2 amide bonds. The minimum atomic E-state index is -0.328. The summed E-state index contributed by atoms with van der Waals surface area (Å²) < 4.78 is 23.7. The highest BCUT2D eigenvalue weighted by atomic mass is 16.6. The fourth-order valence-electron chi connectivity index (χ4n) is 5.50. The van der Waals surface area contributed by atoms with Crippen molar-refractivity contribution in [1.29, 1.82) is 0 Å². The molecule has 0 aliphatic heterocycles. The maximum absolute atomic E-state index is 13.6. The van der Waals surface area contributed by atoms with Gasteiger partial charge in [-0.15, -0.1) is 11.5 Å². The third-order valence-electron chi connectivity index (χ3n) is 7.91. The first kappa shape index (κ1) is 38.4. The van der Waals surface area contributed by atoms with Crippen LogP contribution in [0.2, 0.25) is 0 Å². The average molecular weight is 717 g/mol. The van der Waals surface area contributed by atoms with Gasteiger partial charge in [0.2, 0.25) is 5.91 Å². The van der Waals surface area contributed by atoms with Gasteiger partial charge < -0.3 is 34.5 Å². The lowest BCUT2D eigenvalue weighted by molar-refractivity contribution is -0.114. The SMILES string of the molecule is C#CCOCCOCCOCCOCCn1cc(N(c2ccccc2NC(=O)c2ccc(NC(C)=O)cc2)C(c2ccccc2)c2ccccc2)nn1. The standard InChI is InChI=1S/C41H44N6O6/c1-3-23-50-25-27-52-29-30-53-28-26-51-24-22-46-31-39(44-45-46)47(40(33-12-6-4-7-13-33)34-14-8-5-9-15-34)38-17-11-10-16-37(38)43-41(49)35-18-20-36(21-19-35)42-32(2)48/h1,4-21,31,40H,22-30H2,2H3,(H,42,48)(H,43,49). The van der Waals surface area contributed by atoms with Crippen molar-refractivity contribution in [2.45, 2.75) is 19.5 Å². The lowest BCUT2D eigenvalue weighted by atomic mass is 9.96. The fraction of sp³-hybridized carbons (Fsp3) is 0.268. The summed E-state index contributed by atoms with van der Waals surface area (Å²) >= 11 is 0. The molecule has 0 unspecified atom stereocenters. The van der Waals surface area contributed by atoms with E-state index in [4.69, 9.17) is 25.4 Å². The summed E-state index contributed by atoms with van der Waals surface area (Å²) in [6.07, 6.45) is 7.02. The molecule has 0 fully saturated rings. The van der Waals surface area contributed by atoms with E-state index in [-0.39, 0.29) is 24.5 Å². The number of aromatic nitrogens is 3. The second-order valence-corrected chi connectivity index (χ2v) is 11.8. The first-order valence-corrected chi connectivity index (χ1v) is 17.3. The van der Waals surface area contributed by atoms with Crippen LogP contribution >= 0.6 is 0 Å². The molecule has 274 valence electrons. The number of nitrogens with zero attached hydrogens (tertiary/aromatic N) is 4. The molecule has 53 heavy (non-hydrogen) atoms. The average Bonchev–Trinajstić information content (AvgIpc) is 3.65. The normalized spacial score (nSPS) is 10.9. The van der Waals surface area contributed by atoms with Crippen LogP contribution in [-0.4, -0.2) is 79.7 Å². The molecule has 0 aliphatic rings. The molecule has 0 saturated carbocycles. The first-order chi connectivity index (χ1) is 26.0. The largest absolute Gasteiger partial charge is 0.377 e. The number of benzene rings is 4. The smallest absolute Gasteiger partial charge is 0.255 e. The number of rotatable bonds is 21. The van der Waals surface area contributed by atoms with E-state index in [0.29, 0.717) is 75.5 Å². The van der Waals surface area contributed by atoms with Gasteiger partial charge in [0.05, 0.1) is 76.4 Å². The summed E-state index contributed by atoms with van der Waals surface area (Å²) in [6, 6.07) is 34.3. The number of hydrogen-bond donors (Lipinski definition) is 2. The third-order valence-corrected chi connectivity index (χ3v) is 7.91. The van der Waals surface area contributed by atoms with Crippen LogP contribution in [0.3, 0.4) is 0 Å². The summed E-state index contributed by atoms with van der Waals surface area (Å²) in [5, 5.41) is 14.9. The quantitative estimate of drug-likeness (QED) is 0.0682. The number of anilines is 4. The predicted molar refractivity (Wildman–Crippen MR) is 204 cm³/mol. The topological polar surface area (TPSA) is 129 Å². The van der Waals surface area contributed by atoms with Gasteiger partial charge in [-0.3, -0.25) is 9.59 Å². The molecule has 0 spiro atoms. The van der Waals surface area contributed by atoms with E-state index in [1.807, 2.05) is 66.9 Å². The number of para-hydroxylation sites is 2. The van der Waals surface area contributed by atoms with Gasteiger partial charge in [0.15, 0.2) is 5.82 Å². The van der Waals surface area contributed by atoms with Crippen molar-refractivity contribution in [3.05, 3.63) is 132 Å². The Balaban J connectivity index is 1.32. The highest BCUT2D eigenvalue weighted by Gasteiger charge is 2.29. The zero-order valence-electron chi connectivity index (χ0n) is 29.7. The summed E-state index contributed by atoms with van der Waals surface area (Å²) in [5.41, 5.74) is 4.40. The minimum absolute atomic E-state index is 0.185. The molecular formula is C41H44N6O6. The molecule has 4 aromatic carbocycles. The van der Waals surface area contributed by atoms with E-state index in [0.717, 1.165) is 16.8 Å². The Morgan fingerprint density at radius 3 is 1.91 bits per heavy atom. The number of hydrogen-bond acceptors (Lipinski definition) is 9. The number of carbonyl (C=O) groups excluding carboxylic acids is 2. The van der Waals surface area contributed by atoms with Crippen LogP contribution in [0.15, 0.2) is 115 Å². The maximum Gasteiger partial charge on any atom is 0.255 e. The molecule has 1 aromatic heterocycles. The summed E-state index contributed by atoms with van der Waals surface area (Å²) in [4.78, 5) is 27.2. The first-order valence-electron chi connectivity index (χ1n) is 17.3. The van der Waals surface area contributed by atoms with Crippen molar-refractivity contribution in [2.75, 3.05) is 68.4 Å². The Kier molecular flexibility index (Phi) is 15.1. The number of nitrogens with one attached hydrogen (secondary N) is 2. The van der Waals surface area contributed by atoms with Gasteiger partial charge in [-0.25, -0.2) is 4.68 Å². The van der Waals surface area contributed by atoms with E-state index in [1.165, 1.54) is 6.92 Å². The molecule has 1 heterocycles. The highest BCUT2D eigenvalue weighted by Crippen LogP contribution is 2.41. The predicted octanol–water partition coefficient (Wildman–Crippen LogP) is 6.12. The summed E-state index contributed by atoms with van der Waals surface area (Å²) in [6.45, 7) is 5.29. The lowest BCUT2D eigenvalue weighted by Crippen LogP contribution is -2.27. The Labute approximate surface area is 310 Å². The lowest BCUT2D eigenvalue weighted by Gasteiger charge is -2.34. The van der Waals surface area contributed by atoms with Gasteiger partial charge >= 0.3 is 0 Å². The molecule has 0 aliphatic carbocycles. The molecule has 5 aromatic rings. The van der Waals surface area contributed by atoms with Crippen LogP contribution in [0.25, 0.3) is 0 Å². The van der Waals surface area contributed by atoms with E-state index >= 15 is 0 Å². The molecule has 2 N–H and O–H groups in total. The van der Waals surface area contributed by atoms with Crippen LogP contribution in [-0.2, 0) is 30.3 Å². The molecule has 0 atom stereocenters. The van der Waals surface area contributed by atoms with E-state index in [9.17, 15) is 9.59 Å². The van der Waals surface area contributed by atoms with Gasteiger partial charge in [0, 0.05) is 18.2 Å². The van der Waals surface area contributed by atoms with Gasteiger partial charge in [-0.05, 0) is 47.5 Å². The zero-order chi connectivity index (χ0) is 37.1. The van der Waals surface area contributed by atoms with Gasteiger partial charge in [-0.2, -0.15) is 0 Å². The van der Waals surface area contributed by atoms with Crippen LogP contribution in [0.5, 0.6) is 0 Å². The molecule has 5 rings (SSSR count). The molecule has 12 nitrogen and oxygen atoms in total. The monoisotopic (exact) mass is 716 g/mol. The molecular weight excluding hydrogens is 672 g/mol. The van der Waals surface area contributed by atoms with Crippen LogP contribution in [0.1, 0.15) is 34.5 Å². The van der Waals surface area contributed by atoms with E-state index < -0.39 is 0 Å². The fourth-order valence-corrected chi connectivity index (χ4v) is 5.50. The second kappa shape index (κ2) is 20.9. The van der Waals surface area contributed by atoms with Crippen LogP contribution in [0, 0.1) is 12.3 Å². The second-order valence-electron chi connectivity index (χ2n) is 11.8. The number of carbonyl (C=O) groups is 2. The van der Waals surface area contributed by atoms with E-state index in [2.05, 4.69) is 56.0 Å². The van der Waals surface area contributed by atoms with Crippen molar-refractivity contribution in [3.63, 3.8) is 0 Å². The van der Waals surface area contributed by atoms with Crippen molar-refractivity contribution >= 4 is 34.7 Å². The van der Waals surface area contributed by atoms with E-state index in [1.54, 1.807) is 28.9 Å². The van der Waals surface area contributed by atoms with Gasteiger partial charge in [0.25, 0.3) is 5.91 Å². The van der Waals surface area contributed by atoms with Crippen molar-refractivity contribution in [3.8, 4) is 12.3 Å². The van der Waals surface area contributed by atoms with Crippen molar-refractivity contribution < 1.29 is 28.5 Å². The Bertz CT molecular complexity index is 1860. The molecule has 0 bridgehead atoms. The zero-order valence-corrected chi connectivity index (χ0v) is 29.7.